The van der Waals surface area contributed by atoms with Gasteiger partial charge in [-0.1, -0.05) is 18.2 Å². The van der Waals surface area contributed by atoms with E-state index in [1.165, 1.54) is 30.3 Å². The van der Waals surface area contributed by atoms with Crippen molar-refractivity contribution in [3.8, 4) is 11.5 Å². The molecule has 0 aromatic heterocycles. The first kappa shape index (κ1) is 22.1. The average Bonchev–Trinajstić information content (AvgIpc) is 2.74. The number of benzene rings is 3. The Bertz CT molecular complexity index is 1180. The van der Waals surface area contributed by atoms with Crippen LogP contribution in [0.3, 0.4) is 0 Å². The molecule has 162 valence electrons. The summed E-state index contributed by atoms with van der Waals surface area (Å²) in [6.45, 7) is 1.86. The molecule has 7 nitrogen and oxygen atoms in total. The molecule has 0 saturated heterocycles. The second kappa shape index (κ2) is 9.48. The van der Waals surface area contributed by atoms with Crippen LogP contribution in [0.2, 0.25) is 0 Å². The van der Waals surface area contributed by atoms with E-state index in [1.54, 1.807) is 37.3 Å². The molecule has 3 aromatic rings. The SMILES string of the molecule is Cc1ccc(F)cc1S(=O)(=O)Nc1ccc(OCCOc2ccccc2C(=O)O)cc1. The van der Waals surface area contributed by atoms with Crippen molar-refractivity contribution in [1.29, 1.82) is 0 Å². The van der Waals surface area contributed by atoms with E-state index in [-0.39, 0.29) is 29.4 Å². The number of aryl methyl sites for hydroxylation is 1. The van der Waals surface area contributed by atoms with Crippen LogP contribution in [-0.2, 0) is 10.0 Å². The Hall–Kier alpha value is -3.59. The van der Waals surface area contributed by atoms with Crippen molar-refractivity contribution >= 4 is 21.7 Å². The van der Waals surface area contributed by atoms with Gasteiger partial charge in [0.25, 0.3) is 10.0 Å². The van der Waals surface area contributed by atoms with Gasteiger partial charge >= 0.3 is 5.97 Å². The highest BCUT2D eigenvalue weighted by molar-refractivity contribution is 7.92. The summed E-state index contributed by atoms with van der Waals surface area (Å²) in [4.78, 5) is 11.0. The second-order valence-electron chi connectivity index (χ2n) is 6.54. The number of halogens is 1. The maximum absolute atomic E-state index is 13.4. The normalized spacial score (nSPS) is 11.0. The van der Waals surface area contributed by atoms with Gasteiger partial charge in [0.15, 0.2) is 0 Å². The van der Waals surface area contributed by atoms with Crippen LogP contribution < -0.4 is 14.2 Å². The number of carboxylic acids is 1. The van der Waals surface area contributed by atoms with Crippen LogP contribution in [0, 0.1) is 12.7 Å². The molecular formula is C22H20FNO6S. The van der Waals surface area contributed by atoms with E-state index in [2.05, 4.69) is 4.72 Å². The van der Waals surface area contributed by atoms with Crippen molar-refractivity contribution in [2.24, 2.45) is 0 Å². The Balaban J connectivity index is 1.56. The number of rotatable bonds is 9. The minimum Gasteiger partial charge on any atom is -0.490 e. The largest absolute Gasteiger partial charge is 0.490 e. The topological polar surface area (TPSA) is 102 Å². The fourth-order valence-electron chi connectivity index (χ4n) is 2.77. The molecule has 0 unspecified atom stereocenters. The zero-order valence-electron chi connectivity index (χ0n) is 16.5. The Morgan fingerprint density at radius 2 is 1.68 bits per heavy atom. The van der Waals surface area contributed by atoms with Gasteiger partial charge in [0.2, 0.25) is 0 Å². The molecule has 0 amide bonds. The smallest absolute Gasteiger partial charge is 0.339 e. The molecule has 2 N–H and O–H groups in total. The third-order valence-corrected chi connectivity index (χ3v) is 5.80. The molecule has 0 radical (unpaired) electrons. The standard InChI is InChI=1S/C22H20FNO6S/c1-15-6-7-16(23)14-21(15)31(27,28)24-17-8-10-18(11-9-17)29-12-13-30-20-5-3-2-4-19(20)22(25)26/h2-11,14,24H,12-13H2,1H3,(H,25,26). The summed E-state index contributed by atoms with van der Waals surface area (Å²) in [6, 6.07) is 16.0. The zero-order valence-corrected chi connectivity index (χ0v) is 17.4. The number of nitrogens with one attached hydrogen (secondary N) is 1. The van der Waals surface area contributed by atoms with E-state index >= 15 is 0 Å². The molecular weight excluding hydrogens is 425 g/mol. The lowest BCUT2D eigenvalue weighted by Crippen LogP contribution is -2.14. The molecule has 0 saturated carbocycles. The van der Waals surface area contributed by atoms with Gasteiger partial charge in [0.1, 0.15) is 36.1 Å². The van der Waals surface area contributed by atoms with Gasteiger partial charge < -0.3 is 14.6 Å². The van der Waals surface area contributed by atoms with Gasteiger partial charge in [-0.15, -0.1) is 0 Å². The van der Waals surface area contributed by atoms with E-state index in [1.807, 2.05) is 0 Å². The first-order chi connectivity index (χ1) is 14.8. The molecule has 3 aromatic carbocycles. The third kappa shape index (κ3) is 5.73. The number of sulfonamides is 1. The van der Waals surface area contributed by atoms with E-state index in [0.29, 0.717) is 17.0 Å². The van der Waals surface area contributed by atoms with Gasteiger partial charge in [0.05, 0.1) is 4.90 Å². The summed E-state index contributed by atoms with van der Waals surface area (Å²) < 4.78 is 51.9. The number of carboxylic acid groups (broad SMARTS) is 1. The lowest BCUT2D eigenvalue weighted by molar-refractivity contribution is 0.0691. The number of para-hydroxylation sites is 1. The van der Waals surface area contributed by atoms with Crippen molar-refractivity contribution < 1.29 is 32.2 Å². The number of ether oxygens (including phenoxy) is 2. The van der Waals surface area contributed by atoms with Crippen LogP contribution in [0.5, 0.6) is 11.5 Å². The van der Waals surface area contributed by atoms with Gasteiger partial charge in [-0.25, -0.2) is 17.6 Å². The molecule has 0 spiro atoms. The minimum absolute atomic E-state index is 0.0627. The van der Waals surface area contributed by atoms with Gasteiger partial charge in [-0.2, -0.15) is 0 Å². The van der Waals surface area contributed by atoms with Crippen LogP contribution in [0.25, 0.3) is 0 Å². The second-order valence-corrected chi connectivity index (χ2v) is 8.19. The lowest BCUT2D eigenvalue weighted by atomic mass is 10.2. The molecule has 3 rings (SSSR count). The maximum Gasteiger partial charge on any atom is 0.339 e. The van der Waals surface area contributed by atoms with Crippen molar-refractivity contribution in [3.05, 3.63) is 83.7 Å². The van der Waals surface area contributed by atoms with Crippen LogP contribution in [0.4, 0.5) is 10.1 Å². The Kier molecular flexibility index (Phi) is 6.76. The monoisotopic (exact) mass is 445 g/mol. The third-order valence-electron chi connectivity index (χ3n) is 4.27. The number of hydrogen-bond acceptors (Lipinski definition) is 5. The van der Waals surface area contributed by atoms with Crippen molar-refractivity contribution in [1.82, 2.24) is 0 Å². The number of aromatic carboxylic acids is 1. The maximum atomic E-state index is 13.4. The van der Waals surface area contributed by atoms with Gasteiger partial charge in [0, 0.05) is 5.69 Å². The summed E-state index contributed by atoms with van der Waals surface area (Å²) in [7, 11) is -3.94. The molecule has 0 atom stereocenters. The van der Waals surface area contributed by atoms with Crippen LogP contribution in [0.15, 0.2) is 71.6 Å². The Morgan fingerprint density at radius 1 is 1.00 bits per heavy atom. The Morgan fingerprint density at radius 3 is 2.39 bits per heavy atom. The highest BCUT2D eigenvalue weighted by atomic mass is 32.2. The number of hydrogen-bond donors (Lipinski definition) is 2. The highest BCUT2D eigenvalue weighted by Crippen LogP contribution is 2.22. The van der Waals surface area contributed by atoms with Crippen molar-refractivity contribution in [3.63, 3.8) is 0 Å². The van der Waals surface area contributed by atoms with Gasteiger partial charge in [-0.05, 0) is 61.0 Å². The fourth-order valence-corrected chi connectivity index (χ4v) is 4.09. The van der Waals surface area contributed by atoms with E-state index in [9.17, 15) is 17.6 Å². The van der Waals surface area contributed by atoms with Crippen molar-refractivity contribution in [2.75, 3.05) is 17.9 Å². The number of carbonyl (C=O) groups is 1. The summed E-state index contributed by atoms with van der Waals surface area (Å²) in [6.07, 6.45) is 0. The molecule has 0 heterocycles. The summed E-state index contributed by atoms with van der Waals surface area (Å²) in [5.41, 5.74) is 0.786. The molecule has 0 aliphatic rings. The predicted molar refractivity (Wildman–Crippen MR) is 113 cm³/mol. The van der Waals surface area contributed by atoms with E-state index < -0.39 is 21.8 Å². The summed E-state index contributed by atoms with van der Waals surface area (Å²) in [5.74, 6) is -0.998. The fraction of sp³-hybridized carbons (Fsp3) is 0.136. The number of anilines is 1. The molecule has 0 aliphatic carbocycles. The van der Waals surface area contributed by atoms with E-state index in [0.717, 1.165) is 6.07 Å². The van der Waals surface area contributed by atoms with Crippen LogP contribution in [-0.4, -0.2) is 32.7 Å². The zero-order chi connectivity index (χ0) is 22.4. The van der Waals surface area contributed by atoms with Crippen molar-refractivity contribution in [2.45, 2.75) is 11.8 Å². The average molecular weight is 445 g/mol. The highest BCUT2D eigenvalue weighted by Gasteiger charge is 2.18. The summed E-state index contributed by atoms with van der Waals surface area (Å²) >= 11 is 0. The first-order valence-corrected chi connectivity index (χ1v) is 10.7. The van der Waals surface area contributed by atoms with Crippen LogP contribution in [0.1, 0.15) is 15.9 Å². The predicted octanol–water partition coefficient (Wildman–Crippen LogP) is 4.09. The Labute approximate surface area is 179 Å². The summed E-state index contributed by atoms with van der Waals surface area (Å²) in [5, 5.41) is 9.13. The van der Waals surface area contributed by atoms with Gasteiger partial charge in [-0.3, -0.25) is 4.72 Å². The van der Waals surface area contributed by atoms with E-state index in [4.69, 9.17) is 14.6 Å². The lowest BCUT2D eigenvalue weighted by Gasteiger charge is -2.12. The minimum atomic E-state index is -3.94. The molecule has 9 heteroatoms. The molecule has 0 aliphatic heterocycles. The molecule has 0 fully saturated rings. The molecule has 31 heavy (non-hydrogen) atoms. The first-order valence-electron chi connectivity index (χ1n) is 9.23. The quantitative estimate of drug-likeness (QED) is 0.481. The van der Waals surface area contributed by atoms with Crippen LogP contribution >= 0.6 is 0 Å². The molecule has 0 bridgehead atoms.